The number of hydrogen-bond donors (Lipinski definition) is 2. The molecule has 1 aromatic rings. The Labute approximate surface area is 195 Å². The molecule has 33 heavy (non-hydrogen) atoms. The van der Waals surface area contributed by atoms with Gasteiger partial charge in [-0.3, -0.25) is 9.69 Å². The van der Waals surface area contributed by atoms with Crippen LogP contribution in [0, 0.1) is 5.92 Å². The number of benzene rings is 1. The van der Waals surface area contributed by atoms with Crippen LogP contribution in [0.15, 0.2) is 35.5 Å². The lowest BCUT2D eigenvalue weighted by Crippen LogP contribution is -2.48. The number of allylic oxidation sites excluding steroid dienone is 1. The third-order valence-corrected chi connectivity index (χ3v) is 6.27. The highest BCUT2D eigenvalue weighted by Crippen LogP contribution is 2.32. The Balaban J connectivity index is 1.80. The molecular weight excluding hydrogens is 422 g/mol. The topological polar surface area (TPSA) is 97.0 Å². The maximum Gasteiger partial charge on any atom is 0.338 e. The highest BCUT2D eigenvalue weighted by atomic mass is 16.6. The second kappa shape index (κ2) is 11.8. The molecule has 0 radical (unpaired) electrons. The first-order valence-electron chi connectivity index (χ1n) is 11.8. The molecule has 0 saturated heterocycles. The number of nitrogens with zero attached hydrogens (tertiary/aromatic N) is 1. The summed E-state index contributed by atoms with van der Waals surface area (Å²) in [5.41, 5.74) is 2.43. The van der Waals surface area contributed by atoms with Gasteiger partial charge in [-0.15, -0.1) is 0 Å². The van der Waals surface area contributed by atoms with Gasteiger partial charge in [0.05, 0.1) is 18.2 Å². The fourth-order valence-electron chi connectivity index (χ4n) is 4.45. The van der Waals surface area contributed by atoms with Crippen LogP contribution < -0.4 is 10.6 Å². The molecule has 180 valence electrons. The number of ether oxygens (including phenoxy) is 2. The van der Waals surface area contributed by atoms with E-state index in [1.165, 1.54) is 6.42 Å². The van der Waals surface area contributed by atoms with E-state index in [2.05, 4.69) is 10.6 Å². The second-order valence-electron chi connectivity index (χ2n) is 8.61. The SMILES string of the molecule is CCCN1C(=O)N[C@@H](c2ccc(NC(=O)C3CCCCC3)cc2)C(C(=O)OCCOC)=C1C. The molecule has 0 unspecified atom stereocenters. The minimum absolute atomic E-state index is 0.0572. The van der Waals surface area contributed by atoms with Gasteiger partial charge in [0, 0.05) is 31.0 Å². The normalized spacial score (nSPS) is 19.3. The van der Waals surface area contributed by atoms with Gasteiger partial charge in [0.25, 0.3) is 0 Å². The Morgan fingerprint density at radius 2 is 1.82 bits per heavy atom. The number of anilines is 1. The van der Waals surface area contributed by atoms with Crippen molar-refractivity contribution in [1.29, 1.82) is 0 Å². The lowest BCUT2D eigenvalue weighted by Gasteiger charge is -2.35. The number of urea groups is 1. The van der Waals surface area contributed by atoms with Crippen LogP contribution in [0.4, 0.5) is 10.5 Å². The average Bonchev–Trinajstić information content (AvgIpc) is 2.82. The second-order valence-corrected chi connectivity index (χ2v) is 8.61. The van der Waals surface area contributed by atoms with E-state index in [0.717, 1.165) is 37.7 Å². The quantitative estimate of drug-likeness (QED) is 0.429. The number of amides is 3. The summed E-state index contributed by atoms with van der Waals surface area (Å²) < 4.78 is 10.4. The third-order valence-electron chi connectivity index (χ3n) is 6.27. The molecule has 2 N–H and O–H groups in total. The van der Waals surface area contributed by atoms with E-state index in [9.17, 15) is 14.4 Å². The number of nitrogens with one attached hydrogen (secondary N) is 2. The predicted molar refractivity (Wildman–Crippen MR) is 125 cm³/mol. The Hall–Kier alpha value is -2.87. The molecule has 0 aromatic heterocycles. The van der Waals surface area contributed by atoms with Crippen LogP contribution in [0.5, 0.6) is 0 Å². The summed E-state index contributed by atoms with van der Waals surface area (Å²) in [6, 6.07) is 6.39. The van der Waals surface area contributed by atoms with Gasteiger partial charge in [0.1, 0.15) is 6.61 Å². The average molecular weight is 458 g/mol. The van der Waals surface area contributed by atoms with Crippen molar-refractivity contribution in [1.82, 2.24) is 10.2 Å². The number of esters is 1. The van der Waals surface area contributed by atoms with E-state index in [4.69, 9.17) is 9.47 Å². The molecule has 3 amide bonds. The van der Waals surface area contributed by atoms with Crippen molar-refractivity contribution in [3.05, 3.63) is 41.1 Å². The Morgan fingerprint density at radius 1 is 1.12 bits per heavy atom. The zero-order chi connectivity index (χ0) is 23.8. The molecule has 1 aliphatic heterocycles. The van der Waals surface area contributed by atoms with Crippen LogP contribution in [0.2, 0.25) is 0 Å². The largest absolute Gasteiger partial charge is 0.460 e. The molecule has 0 spiro atoms. The monoisotopic (exact) mass is 457 g/mol. The lowest BCUT2D eigenvalue weighted by atomic mass is 9.88. The van der Waals surface area contributed by atoms with Crippen LogP contribution in [0.1, 0.15) is 64.0 Å². The van der Waals surface area contributed by atoms with Crippen molar-refractivity contribution in [2.45, 2.75) is 58.4 Å². The van der Waals surface area contributed by atoms with Crippen LogP contribution >= 0.6 is 0 Å². The van der Waals surface area contributed by atoms with Gasteiger partial charge in [-0.2, -0.15) is 0 Å². The van der Waals surface area contributed by atoms with Crippen molar-refractivity contribution in [3.63, 3.8) is 0 Å². The molecule has 2 aliphatic rings. The summed E-state index contributed by atoms with van der Waals surface area (Å²) in [4.78, 5) is 39.8. The predicted octanol–water partition coefficient (Wildman–Crippen LogP) is 4.15. The minimum atomic E-state index is -0.635. The van der Waals surface area contributed by atoms with E-state index in [-0.39, 0.29) is 24.5 Å². The lowest BCUT2D eigenvalue weighted by molar-refractivity contribution is -0.141. The fraction of sp³-hybridized carbons (Fsp3) is 0.560. The van der Waals surface area contributed by atoms with Crippen molar-refractivity contribution in [2.24, 2.45) is 5.92 Å². The van der Waals surface area contributed by atoms with Gasteiger partial charge in [0.2, 0.25) is 5.91 Å². The van der Waals surface area contributed by atoms with Crippen LogP contribution in [-0.2, 0) is 19.1 Å². The summed E-state index contributed by atoms with van der Waals surface area (Å²) in [6.45, 7) is 4.68. The molecule has 1 atom stereocenters. The number of hydrogen-bond acceptors (Lipinski definition) is 5. The van der Waals surface area contributed by atoms with Gasteiger partial charge in [-0.05, 0) is 43.9 Å². The minimum Gasteiger partial charge on any atom is -0.460 e. The number of carbonyl (C=O) groups excluding carboxylic acids is 3. The van der Waals surface area contributed by atoms with E-state index >= 15 is 0 Å². The molecule has 8 nitrogen and oxygen atoms in total. The number of rotatable bonds is 9. The van der Waals surface area contributed by atoms with Crippen LogP contribution in [-0.4, -0.2) is 49.7 Å². The van der Waals surface area contributed by atoms with Gasteiger partial charge in [-0.1, -0.05) is 38.3 Å². The first kappa shape index (κ1) is 24.8. The van der Waals surface area contributed by atoms with E-state index in [1.54, 1.807) is 18.9 Å². The first-order chi connectivity index (χ1) is 16.0. The molecule has 3 rings (SSSR count). The van der Waals surface area contributed by atoms with Crippen LogP contribution in [0.3, 0.4) is 0 Å². The molecule has 8 heteroatoms. The Kier molecular flexibility index (Phi) is 8.88. The molecule has 1 saturated carbocycles. The van der Waals surface area contributed by atoms with Gasteiger partial charge in [0.15, 0.2) is 0 Å². The summed E-state index contributed by atoms with van der Waals surface area (Å²) in [7, 11) is 1.54. The first-order valence-corrected chi connectivity index (χ1v) is 11.8. The zero-order valence-corrected chi connectivity index (χ0v) is 19.8. The summed E-state index contributed by atoms with van der Waals surface area (Å²) in [5, 5.41) is 5.94. The highest BCUT2D eigenvalue weighted by Gasteiger charge is 2.36. The molecular formula is C25H35N3O5. The summed E-state index contributed by atoms with van der Waals surface area (Å²) in [5.74, 6) is -0.355. The van der Waals surface area contributed by atoms with Gasteiger partial charge in [-0.25, -0.2) is 9.59 Å². The van der Waals surface area contributed by atoms with Crippen LogP contribution in [0.25, 0.3) is 0 Å². The standard InChI is InChI=1S/C25H35N3O5/c1-4-14-28-17(2)21(24(30)33-16-15-32-3)22(27-25(28)31)18-10-12-20(13-11-18)26-23(29)19-8-6-5-7-9-19/h10-13,19,22H,4-9,14-16H2,1-3H3,(H,26,29)(H,27,31)/t22-/m0/s1. The summed E-state index contributed by atoms with van der Waals surface area (Å²) in [6.07, 6.45) is 6.03. The van der Waals surface area contributed by atoms with Gasteiger partial charge < -0.3 is 20.1 Å². The smallest absolute Gasteiger partial charge is 0.338 e. The highest BCUT2D eigenvalue weighted by molar-refractivity contribution is 5.95. The molecule has 1 aliphatic carbocycles. The van der Waals surface area contributed by atoms with Crippen molar-refractivity contribution < 1.29 is 23.9 Å². The van der Waals surface area contributed by atoms with E-state index in [0.29, 0.717) is 30.1 Å². The Morgan fingerprint density at radius 3 is 2.45 bits per heavy atom. The number of carbonyl (C=O) groups is 3. The molecule has 1 heterocycles. The molecule has 1 fully saturated rings. The maximum absolute atomic E-state index is 12.9. The van der Waals surface area contributed by atoms with Crippen molar-refractivity contribution in [3.8, 4) is 0 Å². The fourth-order valence-corrected chi connectivity index (χ4v) is 4.45. The van der Waals surface area contributed by atoms with E-state index in [1.807, 2.05) is 31.2 Å². The number of methoxy groups -OCH3 is 1. The van der Waals surface area contributed by atoms with Crippen molar-refractivity contribution in [2.75, 3.05) is 32.2 Å². The maximum atomic E-state index is 12.9. The van der Waals surface area contributed by atoms with Gasteiger partial charge >= 0.3 is 12.0 Å². The zero-order valence-electron chi connectivity index (χ0n) is 19.8. The van der Waals surface area contributed by atoms with E-state index < -0.39 is 12.0 Å². The van der Waals surface area contributed by atoms with Crippen molar-refractivity contribution >= 4 is 23.6 Å². The Bertz CT molecular complexity index is 875. The third kappa shape index (κ3) is 6.13. The molecule has 0 bridgehead atoms. The molecule has 1 aromatic carbocycles. The summed E-state index contributed by atoms with van der Waals surface area (Å²) >= 11 is 0.